The van der Waals surface area contributed by atoms with Crippen LogP contribution in [0.2, 0.25) is 0 Å². The van der Waals surface area contributed by atoms with Crippen LogP contribution in [0.5, 0.6) is 5.75 Å². The fraction of sp³-hybridized carbons (Fsp3) is 0.412. The van der Waals surface area contributed by atoms with Crippen molar-refractivity contribution < 1.29 is 4.74 Å². The topological polar surface area (TPSA) is 47.0 Å². The highest BCUT2D eigenvalue weighted by Crippen LogP contribution is 2.30. The SMILES string of the molecule is CCCNc1ncnc(-c2ccc(OC3CC3)cc2)c1C. The van der Waals surface area contributed by atoms with Crippen molar-refractivity contribution in [2.45, 2.75) is 39.2 Å². The summed E-state index contributed by atoms with van der Waals surface area (Å²) in [5.74, 6) is 1.86. The standard InChI is InChI=1S/C17H21N3O/c1-3-10-18-17-12(2)16(19-11-20-17)13-4-6-14(7-5-13)21-15-8-9-15/h4-7,11,15H,3,8-10H2,1-2H3,(H,18,19,20). The minimum atomic E-state index is 0.432. The zero-order chi connectivity index (χ0) is 14.7. The number of anilines is 1. The lowest BCUT2D eigenvalue weighted by Crippen LogP contribution is -2.05. The highest BCUT2D eigenvalue weighted by Gasteiger charge is 2.23. The number of hydrogen-bond acceptors (Lipinski definition) is 4. The van der Waals surface area contributed by atoms with Crippen LogP contribution in [0.25, 0.3) is 11.3 Å². The van der Waals surface area contributed by atoms with Gasteiger partial charge in [-0.15, -0.1) is 0 Å². The molecule has 0 bridgehead atoms. The van der Waals surface area contributed by atoms with E-state index in [4.69, 9.17) is 4.74 Å². The van der Waals surface area contributed by atoms with E-state index in [9.17, 15) is 0 Å². The first kappa shape index (κ1) is 13.9. The van der Waals surface area contributed by atoms with Gasteiger partial charge in [-0.2, -0.15) is 0 Å². The number of rotatable bonds is 6. The van der Waals surface area contributed by atoms with Gasteiger partial charge in [0.05, 0.1) is 11.8 Å². The molecule has 0 atom stereocenters. The summed E-state index contributed by atoms with van der Waals surface area (Å²) in [6.45, 7) is 5.12. The molecular formula is C17H21N3O. The van der Waals surface area contributed by atoms with Crippen LogP contribution >= 0.6 is 0 Å². The number of nitrogens with one attached hydrogen (secondary N) is 1. The number of aromatic nitrogens is 2. The molecule has 1 saturated carbocycles. The average molecular weight is 283 g/mol. The molecule has 4 nitrogen and oxygen atoms in total. The van der Waals surface area contributed by atoms with Crippen LogP contribution in [0.3, 0.4) is 0 Å². The highest BCUT2D eigenvalue weighted by atomic mass is 16.5. The van der Waals surface area contributed by atoms with Gasteiger partial charge in [0.15, 0.2) is 0 Å². The van der Waals surface area contributed by atoms with Gasteiger partial charge in [-0.05, 0) is 50.5 Å². The van der Waals surface area contributed by atoms with E-state index in [1.165, 1.54) is 12.8 Å². The third kappa shape index (κ3) is 3.32. The molecule has 3 rings (SSSR count). The second kappa shape index (κ2) is 6.12. The Morgan fingerprint density at radius 3 is 2.62 bits per heavy atom. The molecule has 2 aromatic rings. The van der Waals surface area contributed by atoms with E-state index >= 15 is 0 Å². The summed E-state index contributed by atoms with van der Waals surface area (Å²) in [4.78, 5) is 8.75. The van der Waals surface area contributed by atoms with E-state index in [1.54, 1.807) is 6.33 Å². The van der Waals surface area contributed by atoms with E-state index in [1.807, 2.05) is 12.1 Å². The maximum atomic E-state index is 5.78. The summed E-state index contributed by atoms with van der Waals surface area (Å²) in [5, 5.41) is 3.34. The Morgan fingerprint density at radius 2 is 1.95 bits per heavy atom. The maximum absolute atomic E-state index is 5.78. The lowest BCUT2D eigenvalue weighted by atomic mass is 10.1. The molecule has 0 amide bonds. The predicted molar refractivity (Wildman–Crippen MR) is 84.6 cm³/mol. The van der Waals surface area contributed by atoms with Crippen molar-refractivity contribution in [1.82, 2.24) is 9.97 Å². The molecule has 1 aromatic carbocycles. The monoisotopic (exact) mass is 283 g/mol. The molecule has 1 aliphatic carbocycles. The molecule has 0 unspecified atom stereocenters. The molecule has 0 saturated heterocycles. The molecule has 4 heteroatoms. The zero-order valence-corrected chi connectivity index (χ0v) is 12.6. The molecule has 1 aliphatic rings. The molecule has 1 aromatic heterocycles. The molecule has 1 N–H and O–H groups in total. The van der Waals surface area contributed by atoms with Gasteiger partial charge < -0.3 is 10.1 Å². The number of nitrogens with zero attached hydrogens (tertiary/aromatic N) is 2. The van der Waals surface area contributed by atoms with Crippen molar-refractivity contribution in [1.29, 1.82) is 0 Å². The smallest absolute Gasteiger partial charge is 0.132 e. The van der Waals surface area contributed by atoms with Crippen molar-refractivity contribution in [2.75, 3.05) is 11.9 Å². The van der Waals surface area contributed by atoms with E-state index in [2.05, 4.69) is 41.3 Å². The summed E-state index contributed by atoms with van der Waals surface area (Å²) in [7, 11) is 0. The minimum absolute atomic E-state index is 0.432. The van der Waals surface area contributed by atoms with Crippen LogP contribution < -0.4 is 10.1 Å². The van der Waals surface area contributed by atoms with Gasteiger partial charge >= 0.3 is 0 Å². The van der Waals surface area contributed by atoms with Crippen LogP contribution in [0.4, 0.5) is 5.82 Å². The van der Waals surface area contributed by atoms with E-state index < -0.39 is 0 Å². The Labute approximate surface area is 125 Å². The second-order valence-corrected chi connectivity index (χ2v) is 5.46. The van der Waals surface area contributed by atoms with Crippen LogP contribution in [0, 0.1) is 6.92 Å². The van der Waals surface area contributed by atoms with E-state index in [0.29, 0.717) is 6.10 Å². The summed E-state index contributed by atoms with van der Waals surface area (Å²) in [5.41, 5.74) is 3.15. The molecule has 0 radical (unpaired) electrons. The number of benzene rings is 1. The molecule has 110 valence electrons. The van der Waals surface area contributed by atoms with Gasteiger partial charge in [-0.3, -0.25) is 0 Å². The van der Waals surface area contributed by atoms with Crippen molar-refractivity contribution in [3.05, 3.63) is 36.2 Å². The third-order valence-corrected chi connectivity index (χ3v) is 3.58. The zero-order valence-electron chi connectivity index (χ0n) is 12.6. The first-order chi connectivity index (χ1) is 10.3. The Morgan fingerprint density at radius 1 is 1.19 bits per heavy atom. The highest BCUT2D eigenvalue weighted by molar-refractivity contribution is 5.68. The Hall–Kier alpha value is -2.10. The van der Waals surface area contributed by atoms with Gasteiger partial charge in [0, 0.05) is 17.7 Å². The largest absolute Gasteiger partial charge is 0.490 e. The van der Waals surface area contributed by atoms with Gasteiger partial charge in [0.25, 0.3) is 0 Å². The summed E-state index contributed by atoms with van der Waals surface area (Å²) >= 11 is 0. The Bertz CT molecular complexity index is 606. The van der Waals surface area contributed by atoms with Gasteiger partial charge in [0.2, 0.25) is 0 Å². The Kier molecular flexibility index (Phi) is 4.04. The van der Waals surface area contributed by atoms with Crippen LogP contribution in [0.1, 0.15) is 31.7 Å². The molecule has 0 aliphatic heterocycles. The van der Waals surface area contributed by atoms with Crippen molar-refractivity contribution >= 4 is 5.82 Å². The summed E-state index contributed by atoms with van der Waals surface area (Å²) in [6.07, 6.45) is 5.49. The predicted octanol–water partition coefficient (Wildman–Crippen LogP) is 3.82. The fourth-order valence-corrected chi connectivity index (χ4v) is 2.23. The molecule has 1 heterocycles. The first-order valence-corrected chi connectivity index (χ1v) is 7.60. The third-order valence-electron chi connectivity index (χ3n) is 3.58. The quantitative estimate of drug-likeness (QED) is 0.875. The average Bonchev–Trinajstić information content (AvgIpc) is 3.31. The molecule has 21 heavy (non-hydrogen) atoms. The first-order valence-electron chi connectivity index (χ1n) is 7.60. The number of ether oxygens (including phenoxy) is 1. The lowest BCUT2D eigenvalue weighted by molar-refractivity contribution is 0.303. The Balaban J connectivity index is 1.81. The molecule has 1 fully saturated rings. The van der Waals surface area contributed by atoms with E-state index in [0.717, 1.165) is 41.4 Å². The van der Waals surface area contributed by atoms with Crippen LogP contribution in [-0.2, 0) is 0 Å². The van der Waals surface area contributed by atoms with Gasteiger partial charge in [0.1, 0.15) is 17.9 Å². The summed E-state index contributed by atoms with van der Waals surface area (Å²) < 4.78 is 5.78. The van der Waals surface area contributed by atoms with Crippen LogP contribution in [0.15, 0.2) is 30.6 Å². The number of hydrogen-bond donors (Lipinski definition) is 1. The molecule has 0 spiro atoms. The minimum Gasteiger partial charge on any atom is -0.490 e. The second-order valence-electron chi connectivity index (χ2n) is 5.46. The van der Waals surface area contributed by atoms with Gasteiger partial charge in [-0.1, -0.05) is 6.92 Å². The normalized spacial score (nSPS) is 14.0. The van der Waals surface area contributed by atoms with E-state index in [-0.39, 0.29) is 0 Å². The van der Waals surface area contributed by atoms with Crippen molar-refractivity contribution in [3.63, 3.8) is 0 Å². The van der Waals surface area contributed by atoms with Gasteiger partial charge in [-0.25, -0.2) is 9.97 Å². The summed E-state index contributed by atoms with van der Waals surface area (Å²) in [6, 6.07) is 8.18. The molecular weight excluding hydrogens is 262 g/mol. The van der Waals surface area contributed by atoms with Crippen molar-refractivity contribution in [3.8, 4) is 17.0 Å². The lowest BCUT2D eigenvalue weighted by Gasteiger charge is -2.11. The maximum Gasteiger partial charge on any atom is 0.132 e. The van der Waals surface area contributed by atoms with Crippen LogP contribution in [-0.4, -0.2) is 22.6 Å². The fourth-order valence-electron chi connectivity index (χ4n) is 2.23. The van der Waals surface area contributed by atoms with Crippen molar-refractivity contribution in [2.24, 2.45) is 0 Å².